The summed E-state index contributed by atoms with van der Waals surface area (Å²) in [5.41, 5.74) is 1.49. The van der Waals surface area contributed by atoms with E-state index in [4.69, 9.17) is 0 Å². The third-order valence-electron chi connectivity index (χ3n) is 3.91. The molecule has 0 unspecified atom stereocenters. The minimum Gasteiger partial charge on any atom is -0.293 e. The van der Waals surface area contributed by atoms with Crippen molar-refractivity contribution in [3.05, 3.63) is 70.7 Å². The molecule has 1 aromatic heterocycles. The summed E-state index contributed by atoms with van der Waals surface area (Å²) in [6, 6.07) is 13.0. The van der Waals surface area contributed by atoms with Gasteiger partial charge in [0.2, 0.25) is 0 Å². The first kappa shape index (κ1) is 16.7. The summed E-state index contributed by atoms with van der Waals surface area (Å²) < 4.78 is 26.8. The molecule has 2 aromatic carbocycles. The first-order chi connectivity index (χ1) is 11.5. The van der Waals surface area contributed by atoms with Crippen LogP contribution in [0.2, 0.25) is 0 Å². The van der Waals surface area contributed by atoms with E-state index in [0.29, 0.717) is 17.1 Å². The van der Waals surface area contributed by atoms with E-state index in [9.17, 15) is 8.78 Å². The number of nitrogens with zero attached hydrogens (tertiary/aromatic N) is 3. The van der Waals surface area contributed by atoms with Gasteiger partial charge in [0.15, 0.2) is 5.01 Å². The molecule has 1 atom stereocenters. The zero-order valence-corrected chi connectivity index (χ0v) is 14.2. The molecule has 3 aromatic rings. The lowest BCUT2D eigenvalue weighted by Crippen LogP contribution is -2.21. The second kappa shape index (κ2) is 7.15. The van der Waals surface area contributed by atoms with Crippen LogP contribution in [0.1, 0.15) is 23.5 Å². The van der Waals surface area contributed by atoms with Crippen LogP contribution in [0.25, 0.3) is 10.6 Å². The SMILES string of the molecule is C[C@H](c1nnc(-c2ccccc2F)s1)N(C)Cc1ccc(F)cc1. The molecule has 0 radical (unpaired) electrons. The molecule has 0 fully saturated rings. The van der Waals surface area contributed by atoms with Gasteiger partial charge in [-0.2, -0.15) is 0 Å². The largest absolute Gasteiger partial charge is 0.293 e. The topological polar surface area (TPSA) is 29.0 Å². The average Bonchev–Trinajstić information content (AvgIpc) is 3.06. The van der Waals surface area contributed by atoms with Gasteiger partial charge in [0, 0.05) is 12.1 Å². The molecule has 0 N–H and O–H groups in total. The summed E-state index contributed by atoms with van der Waals surface area (Å²) in [5.74, 6) is -0.541. The molecule has 0 aliphatic heterocycles. The Morgan fingerprint density at radius 3 is 2.46 bits per heavy atom. The molecule has 0 spiro atoms. The fraction of sp³-hybridized carbons (Fsp3) is 0.222. The van der Waals surface area contributed by atoms with Crippen molar-refractivity contribution in [3.63, 3.8) is 0 Å². The van der Waals surface area contributed by atoms with Crippen LogP contribution >= 0.6 is 11.3 Å². The number of rotatable bonds is 5. The van der Waals surface area contributed by atoms with Crippen molar-refractivity contribution in [1.82, 2.24) is 15.1 Å². The number of hydrogen-bond donors (Lipinski definition) is 0. The maximum Gasteiger partial charge on any atom is 0.150 e. The Balaban J connectivity index is 1.74. The Hall–Kier alpha value is -2.18. The minimum absolute atomic E-state index is 0.0214. The summed E-state index contributed by atoms with van der Waals surface area (Å²) in [4.78, 5) is 2.10. The third-order valence-corrected chi connectivity index (χ3v) is 5.04. The van der Waals surface area contributed by atoms with Crippen LogP contribution in [0.5, 0.6) is 0 Å². The fourth-order valence-electron chi connectivity index (χ4n) is 2.35. The van der Waals surface area contributed by atoms with Crippen molar-refractivity contribution in [3.8, 4) is 10.6 Å². The molecular formula is C18H17F2N3S. The van der Waals surface area contributed by atoms with Crippen LogP contribution in [-0.4, -0.2) is 22.1 Å². The monoisotopic (exact) mass is 345 g/mol. The molecule has 0 saturated carbocycles. The van der Waals surface area contributed by atoms with Crippen LogP contribution in [-0.2, 0) is 6.54 Å². The fourth-order valence-corrected chi connectivity index (χ4v) is 3.34. The van der Waals surface area contributed by atoms with Gasteiger partial charge in [-0.1, -0.05) is 35.6 Å². The lowest BCUT2D eigenvalue weighted by atomic mass is 10.2. The lowest BCUT2D eigenvalue weighted by molar-refractivity contribution is 0.251. The van der Waals surface area contributed by atoms with Crippen LogP contribution in [0, 0.1) is 11.6 Å². The Bertz CT molecular complexity index is 817. The zero-order chi connectivity index (χ0) is 17.1. The third kappa shape index (κ3) is 3.66. The molecule has 1 heterocycles. The van der Waals surface area contributed by atoms with E-state index >= 15 is 0 Å². The van der Waals surface area contributed by atoms with E-state index in [2.05, 4.69) is 15.1 Å². The summed E-state index contributed by atoms with van der Waals surface area (Å²) in [7, 11) is 1.97. The predicted molar refractivity (Wildman–Crippen MR) is 91.6 cm³/mol. The van der Waals surface area contributed by atoms with Crippen LogP contribution in [0.4, 0.5) is 8.78 Å². The maximum absolute atomic E-state index is 13.9. The van der Waals surface area contributed by atoms with Crippen molar-refractivity contribution >= 4 is 11.3 Å². The van der Waals surface area contributed by atoms with E-state index in [1.54, 1.807) is 30.3 Å². The molecule has 124 valence electrons. The molecule has 0 saturated heterocycles. The normalized spacial score (nSPS) is 12.5. The highest BCUT2D eigenvalue weighted by molar-refractivity contribution is 7.14. The lowest BCUT2D eigenvalue weighted by Gasteiger charge is -2.22. The van der Waals surface area contributed by atoms with Crippen LogP contribution in [0.3, 0.4) is 0 Å². The average molecular weight is 345 g/mol. The summed E-state index contributed by atoms with van der Waals surface area (Å²) in [6.07, 6.45) is 0. The van der Waals surface area contributed by atoms with Gasteiger partial charge in [0.1, 0.15) is 16.6 Å². The molecule has 0 bridgehead atoms. The first-order valence-electron chi connectivity index (χ1n) is 7.57. The van der Waals surface area contributed by atoms with Crippen molar-refractivity contribution in [1.29, 1.82) is 0 Å². The van der Waals surface area contributed by atoms with Gasteiger partial charge in [-0.3, -0.25) is 4.90 Å². The van der Waals surface area contributed by atoms with E-state index in [-0.39, 0.29) is 17.7 Å². The molecule has 3 nitrogen and oxygen atoms in total. The Kier molecular flexibility index (Phi) is 4.97. The Morgan fingerprint density at radius 1 is 1.04 bits per heavy atom. The van der Waals surface area contributed by atoms with Gasteiger partial charge >= 0.3 is 0 Å². The number of halogens is 2. The van der Waals surface area contributed by atoms with Crippen LogP contribution in [0.15, 0.2) is 48.5 Å². The van der Waals surface area contributed by atoms with Crippen molar-refractivity contribution in [2.24, 2.45) is 0 Å². The van der Waals surface area contributed by atoms with E-state index in [0.717, 1.165) is 10.6 Å². The Labute approximate surface area is 143 Å². The highest BCUT2D eigenvalue weighted by Gasteiger charge is 2.18. The Morgan fingerprint density at radius 2 is 1.75 bits per heavy atom. The smallest absolute Gasteiger partial charge is 0.150 e. The number of aromatic nitrogens is 2. The van der Waals surface area contributed by atoms with E-state index in [1.165, 1.54) is 29.5 Å². The van der Waals surface area contributed by atoms with Crippen LogP contribution < -0.4 is 0 Å². The molecule has 0 aliphatic rings. The summed E-state index contributed by atoms with van der Waals surface area (Å²) in [6.45, 7) is 2.69. The van der Waals surface area contributed by atoms with Crippen molar-refractivity contribution < 1.29 is 8.78 Å². The van der Waals surface area contributed by atoms with Gasteiger partial charge in [0.25, 0.3) is 0 Å². The first-order valence-corrected chi connectivity index (χ1v) is 8.39. The van der Waals surface area contributed by atoms with E-state index < -0.39 is 0 Å². The maximum atomic E-state index is 13.9. The number of hydrogen-bond acceptors (Lipinski definition) is 4. The summed E-state index contributed by atoms with van der Waals surface area (Å²) in [5, 5.41) is 9.72. The molecule has 0 aliphatic carbocycles. The van der Waals surface area contributed by atoms with Crippen molar-refractivity contribution in [2.75, 3.05) is 7.05 Å². The molecule has 0 amide bonds. The zero-order valence-electron chi connectivity index (χ0n) is 13.4. The minimum atomic E-state index is -0.299. The molecule has 6 heteroatoms. The predicted octanol–water partition coefficient (Wildman–Crippen LogP) is 4.68. The van der Waals surface area contributed by atoms with Gasteiger partial charge in [-0.25, -0.2) is 8.78 Å². The van der Waals surface area contributed by atoms with Gasteiger partial charge in [-0.15, -0.1) is 10.2 Å². The molecule has 24 heavy (non-hydrogen) atoms. The second-order valence-corrected chi connectivity index (χ2v) is 6.65. The van der Waals surface area contributed by atoms with E-state index in [1.807, 2.05) is 14.0 Å². The number of benzene rings is 2. The highest BCUT2D eigenvalue weighted by Crippen LogP contribution is 2.30. The molecular weight excluding hydrogens is 328 g/mol. The summed E-state index contributed by atoms with van der Waals surface area (Å²) >= 11 is 1.39. The standard InChI is InChI=1S/C18H17F2N3S/c1-12(23(2)11-13-7-9-14(19)10-8-13)17-21-22-18(24-17)15-5-3-4-6-16(15)20/h3-10,12H,11H2,1-2H3/t12-/m1/s1. The molecule has 3 rings (SSSR count). The van der Waals surface area contributed by atoms with Gasteiger partial charge in [-0.05, 0) is 43.8 Å². The van der Waals surface area contributed by atoms with Gasteiger partial charge < -0.3 is 0 Å². The second-order valence-electron chi connectivity index (χ2n) is 5.64. The van der Waals surface area contributed by atoms with Crippen molar-refractivity contribution in [2.45, 2.75) is 19.5 Å². The highest BCUT2D eigenvalue weighted by atomic mass is 32.1. The van der Waals surface area contributed by atoms with Gasteiger partial charge in [0.05, 0.1) is 6.04 Å². The quantitative estimate of drug-likeness (QED) is 0.672.